The van der Waals surface area contributed by atoms with E-state index in [4.69, 9.17) is 4.74 Å². The lowest BCUT2D eigenvalue weighted by molar-refractivity contribution is 0.0314. The highest BCUT2D eigenvalue weighted by molar-refractivity contribution is 7.08. The third-order valence-electron chi connectivity index (χ3n) is 2.39. The molecule has 0 radical (unpaired) electrons. The van der Waals surface area contributed by atoms with Crippen LogP contribution in [-0.2, 0) is 11.3 Å². The highest BCUT2D eigenvalue weighted by Gasteiger charge is 2.12. The molecule has 0 aliphatic heterocycles. The Morgan fingerprint density at radius 3 is 3.18 bits per heavy atom. The van der Waals surface area contributed by atoms with Crippen molar-refractivity contribution in [3.8, 4) is 0 Å². The van der Waals surface area contributed by atoms with Crippen molar-refractivity contribution >= 4 is 17.3 Å². The van der Waals surface area contributed by atoms with E-state index in [1.165, 1.54) is 11.3 Å². The second-order valence-corrected chi connectivity index (χ2v) is 4.57. The third-order valence-corrected chi connectivity index (χ3v) is 3.07. The molecule has 0 amide bonds. The number of aromatic nitrogens is 2. The molecule has 0 aliphatic carbocycles. The average molecular weight is 250 g/mol. The van der Waals surface area contributed by atoms with Crippen LogP contribution in [0.5, 0.6) is 0 Å². The van der Waals surface area contributed by atoms with E-state index in [9.17, 15) is 4.79 Å². The van der Waals surface area contributed by atoms with E-state index in [2.05, 4.69) is 5.10 Å². The zero-order valence-electron chi connectivity index (χ0n) is 9.57. The zero-order valence-corrected chi connectivity index (χ0v) is 10.4. The van der Waals surface area contributed by atoms with Crippen molar-refractivity contribution in [2.75, 3.05) is 0 Å². The molecule has 0 spiro atoms. The molecule has 0 N–H and O–H groups in total. The number of ether oxygens (including phenoxy) is 1. The van der Waals surface area contributed by atoms with E-state index < -0.39 is 0 Å². The smallest absolute Gasteiger partial charge is 0.339 e. The maximum absolute atomic E-state index is 11.6. The number of hydrogen-bond acceptors (Lipinski definition) is 4. The molecular formula is C12H14N2O2S. The van der Waals surface area contributed by atoms with Crippen LogP contribution in [0.2, 0.25) is 0 Å². The van der Waals surface area contributed by atoms with Gasteiger partial charge in [0.25, 0.3) is 0 Å². The first-order valence-corrected chi connectivity index (χ1v) is 6.40. The predicted molar refractivity (Wildman–Crippen MR) is 66.0 cm³/mol. The van der Waals surface area contributed by atoms with Crippen LogP contribution in [0.3, 0.4) is 0 Å². The normalized spacial score (nSPS) is 12.3. The second kappa shape index (κ2) is 5.63. The van der Waals surface area contributed by atoms with Gasteiger partial charge in [-0.3, -0.25) is 4.68 Å². The Morgan fingerprint density at radius 2 is 2.53 bits per heavy atom. The summed E-state index contributed by atoms with van der Waals surface area (Å²) in [5.41, 5.74) is 0.626. The maximum atomic E-state index is 11.6. The molecule has 0 aliphatic rings. The Labute approximate surface area is 104 Å². The highest BCUT2D eigenvalue weighted by Crippen LogP contribution is 2.10. The van der Waals surface area contributed by atoms with Crippen LogP contribution in [-0.4, -0.2) is 21.9 Å². The molecule has 0 saturated carbocycles. The molecule has 2 aromatic rings. The van der Waals surface area contributed by atoms with Crippen molar-refractivity contribution < 1.29 is 9.53 Å². The van der Waals surface area contributed by atoms with Gasteiger partial charge in [-0.1, -0.05) is 0 Å². The molecule has 2 aromatic heterocycles. The van der Waals surface area contributed by atoms with Gasteiger partial charge in [-0.2, -0.15) is 16.4 Å². The standard InChI is InChI=1S/C12H14N2O2S/c1-10(3-7-14-6-2-5-13-14)16-12(15)11-4-8-17-9-11/h2,4-6,8-10H,3,7H2,1H3/t10-/m1/s1. The monoisotopic (exact) mass is 250 g/mol. The van der Waals surface area contributed by atoms with Gasteiger partial charge in [0, 0.05) is 30.7 Å². The minimum atomic E-state index is -0.251. The fourth-order valence-electron chi connectivity index (χ4n) is 1.44. The van der Waals surface area contributed by atoms with Gasteiger partial charge in [-0.25, -0.2) is 4.79 Å². The molecule has 1 atom stereocenters. The molecule has 0 aromatic carbocycles. The van der Waals surface area contributed by atoms with E-state index >= 15 is 0 Å². The Balaban J connectivity index is 1.77. The lowest BCUT2D eigenvalue weighted by Crippen LogP contribution is -2.17. The van der Waals surface area contributed by atoms with Gasteiger partial charge in [0.15, 0.2) is 0 Å². The van der Waals surface area contributed by atoms with E-state index in [1.54, 1.807) is 17.6 Å². The Kier molecular flexibility index (Phi) is 3.93. The zero-order chi connectivity index (χ0) is 12.1. The Hall–Kier alpha value is -1.62. The number of rotatable bonds is 5. The van der Waals surface area contributed by atoms with Crippen molar-refractivity contribution in [3.63, 3.8) is 0 Å². The summed E-state index contributed by atoms with van der Waals surface area (Å²) in [5.74, 6) is -0.251. The number of carbonyl (C=O) groups excluding carboxylic acids is 1. The maximum Gasteiger partial charge on any atom is 0.339 e. The second-order valence-electron chi connectivity index (χ2n) is 3.79. The number of thiophene rings is 1. The molecule has 2 rings (SSSR count). The first kappa shape index (κ1) is 11.9. The van der Waals surface area contributed by atoms with Crippen molar-refractivity contribution in [1.29, 1.82) is 0 Å². The molecule has 17 heavy (non-hydrogen) atoms. The predicted octanol–water partition coefficient (Wildman–Crippen LogP) is 2.58. The minimum Gasteiger partial charge on any atom is -0.459 e. The summed E-state index contributed by atoms with van der Waals surface area (Å²) in [6, 6.07) is 3.65. The van der Waals surface area contributed by atoms with Crippen LogP contribution in [0.1, 0.15) is 23.7 Å². The number of aryl methyl sites for hydroxylation is 1. The van der Waals surface area contributed by atoms with Crippen molar-refractivity contribution in [3.05, 3.63) is 40.8 Å². The summed E-state index contributed by atoms with van der Waals surface area (Å²) >= 11 is 1.49. The molecule has 0 unspecified atom stereocenters. The number of carbonyl (C=O) groups is 1. The van der Waals surface area contributed by atoms with Crippen molar-refractivity contribution in [2.24, 2.45) is 0 Å². The number of hydrogen-bond donors (Lipinski definition) is 0. The number of esters is 1. The fraction of sp³-hybridized carbons (Fsp3) is 0.333. The quantitative estimate of drug-likeness (QED) is 0.766. The Morgan fingerprint density at radius 1 is 1.65 bits per heavy atom. The van der Waals surface area contributed by atoms with Gasteiger partial charge in [0.05, 0.1) is 5.56 Å². The lowest BCUT2D eigenvalue weighted by atomic mass is 10.3. The first-order valence-electron chi connectivity index (χ1n) is 5.46. The molecule has 4 nitrogen and oxygen atoms in total. The van der Waals surface area contributed by atoms with Crippen molar-refractivity contribution in [2.45, 2.75) is 26.0 Å². The third kappa shape index (κ3) is 3.42. The summed E-state index contributed by atoms with van der Waals surface area (Å²) < 4.78 is 7.15. The van der Waals surface area contributed by atoms with E-state index in [1.807, 2.05) is 29.2 Å². The summed E-state index contributed by atoms with van der Waals surface area (Å²) in [6.07, 6.45) is 4.29. The van der Waals surface area contributed by atoms with Crippen LogP contribution in [0, 0.1) is 0 Å². The highest BCUT2D eigenvalue weighted by atomic mass is 32.1. The van der Waals surface area contributed by atoms with Crippen LogP contribution in [0.25, 0.3) is 0 Å². The molecule has 90 valence electrons. The van der Waals surface area contributed by atoms with Gasteiger partial charge in [0.1, 0.15) is 6.10 Å². The Bertz CT molecular complexity index is 451. The molecule has 0 fully saturated rings. The van der Waals surface area contributed by atoms with Gasteiger partial charge in [0.2, 0.25) is 0 Å². The van der Waals surface area contributed by atoms with Crippen LogP contribution in [0.15, 0.2) is 35.3 Å². The molecular weight excluding hydrogens is 236 g/mol. The topological polar surface area (TPSA) is 44.1 Å². The summed E-state index contributed by atoms with van der Waals surface area (Å²) in [4.78, 5) is 11.6. The number of nitrogens with zero attached hydrogens (tertiary/aromatic N) is 2. The van der Waals surface area contributed by atoms with E-state index in [0.717, 1.165) is 13.0 Å². The summed E-state index contributed by atoms with van der Waals surface area (Å²) in [7, 11) is 0. The fourth-order valence-corrected chi connectivity index (χ4v) is 2.06. The largest absolute Gasteiger partial charge is 0.459 e. The van der Waals surface area contributed by atoms with Gasteiger partial charge < -0.3 is 4.74 Å². The van der Waals surface area contributed by atoms with Gasteiger partial charge in [-0.05, 0) is 24.4 Å². The van der Waals surface area contributed by atoms with Gasteiger partial charge in [-0.15, -0.1) is 0 Å². The molecule has 5 heteroatoms. The lowest BCUT2D eigenvalue weighted by Gasteiger charge is -2.12. The van der Waals surface area contributed by atoms with Crippen molar-refractivity contribution in [1.82, 2.24) is 9.78 Å². The van der Waals surface area contributed by atoms with Crippen LogP contribution < -0.4 is 0 Å². The minimum absolute atomic E-state index is 0.105. The average Bonchev–Trinajstić information content (AvgIpc) is 2.99. The SMILES string of the molecule is C[C@H](CCn1cccn1)OC(=O)c1ccsc1. The van der Waals surface area contributed by atoms with E-state index in [-0.39, 0.29) is 12.1 Å². The summed E-state index contributed by atoms with van der Waals surface area (Å²) in [5, 5.41) is 7.76. The molecule has 0 bridgehead atoms. The van der Waals surface area contributed by atoms with Crippen LogP contribution in [0.4, 0.5) is 0 Å². The van der Waals surface area contributed by atoms with E-state index in [0.29, 0.717) is 5.56 Å². The molecule has 2 heterocycles. The first-order chi connectivity index (χ1) is 8.25. The van der Waals surface area contributed by atoms with Crippen LogP contribution >= 0.6 is 11.3 Å². The summed E-state index contributed by atoms with van der Waals surface area (Å²) in [6.45, 7) is 2.65. The molecule has 0 saturated heterocycles. The van der Waals surface area contributed by atoms with Gasteiger partial charge >= 0.3 is 5.97 Å².